The number of nitrogen functional groups attached to an aromatic ring is 1. The summed E-state index contributed by atoms with van der Waals surface area (Å²) in [7, 11) is 1.66. The van der Waals surface area contributed by atoms with Crippen LogP contribution in [0, 0.1) is 12.8 Å². The van der Waals surface area contributed by atoms with Crippen molar-refractivity contribution >= 4 is 5.88 Å². The van der Waals surface area contributed by atoms with Crippen LogP contribution in [-0.4, -0.2) is 12.3 Å². The number of hydrogen-bond acceptors (Lipinski definition) is 4. The van der Waals surface area contributed by atoms with Gasteiger partial charge in [-0.25, -0.2) is 0 Å². The molecule has 0 saturated heterocycles. The second-order valence-corrected chi connectivity index (χ2v) is 5.15. The van der Waals surface area contributed by atoms with Gasteiger partial charge in [-0.1, -0.05) is 31.1 Å². The molecule has 0 bridgehead atoms. The molecule has 2 aromatic rings. The average molecular weight is 260 g/mol. The Kier molecular flexibility index (Phi) is 3.79. The summed E-state index contributed by atoms with van der Waals surface area (Å²) in [5, 5.41) is 4.07. The Morgan fingerprint density at radius 3 is 2.74 bits per heavy atom. The Hall–Kier alpha value is -1.97. The number of methoxy groups -OCH3 is 1. The van der Waals surface area contributed by atoms with E-state index in [-0.39, 0.29) is 0 Å². The molecule has 0 atom stereocenters. The summed E-state index contributed by atoms with van der Waals surface area (Å²) in [6.07, 6.45) is 0.840. The molecule has 0 amide bonds. The molecule has 102 valence electrons. The quantitative estimate of drug-likeness (QED) is 0.914. The predicted molar refractivity (Wildman–Crippen MR) is 76.2 cm³/mol. The lowest BCUT2D eigenvalue weighted by Gasteiger charge is -2.09. The van der Waals surface area contributed by atoms with Crippen molar-refractivity contribution in [2.45, 2.75) is 27.2 Å². The first kappa shape index (κ1) is 13.5. The molecular formula is C15H20N2O2. The van der Waals surface area contributed by atoms with Crippen molar-refractivity contribution in [1.29, 1.82) is 0 Å². The second kappa shape index (κ2) is 5.34. The SMILES string of the molecule is COc1cc(-c2c(CC(C)C)noc2N)ccc1C. The van der Waals surface area contributed by atoms with Gasteiger partial charge in [-0.3, -0.25) is 0 Å². The molecule has 2 rings (SSSR count). The fourth-order valence-electron chi connectivity index (χ4n) is 2.15. The highest BCUT2D eigenvalue weighted by molar-refractivity contribution is 5.76. The van der Waals surface area contributed by atoms with E-state index in [1.54, 1.807) is 7.11 Å². The molecule has 0 unspecified atom stereocenters. The lowest BCUT2D eigenvalue weighted by Crippen LogP contribution is -1.98. The molecule has 1 heterocycles. The summed E-state index contributed by atoms with van der Waals surface area (Å²) in [5.41, 5.74) is 9.76. The van der Waals surface area contributed by atoms with Gasteiger partial charge in [0.15, 0.2) is 0 Å². The van der Waals surface area contributed by atoms with Crippen LogP contribution in [0.5, 0.6) is 5.75 Å². The number of nitrogens with two attached hydrogens (primary N) is 1. The van der Waals surface area contributed by atoms with E-state index in [2.05, 4.69) is 19.0 Å². The van der Waals surface area contributed by atoms with E-state index in [0.29, 0.717) is 11.8 Å². The lowest BCUT2D eigenvalue weighted by atomic mass is 9.98. The lowest BCUT2D eigenvalue weighted by molar-refractivity contribution is 0.412. The zero-order valence-electron chi connectivity index (χ0n) is 11.9. The molecular weight excluding hydrogens is 240 g/mol. The fourth-order valence-corrected chi connectivity index (χ4v) is 2.15. The van der Waals surface area contributed by atoms with Crippen LogP contribution in [0.1, 0.15) is 25.1 Å². The van der Waals surface area contributed by atoms with Gasteiger partial charge >= 0.3 is 0 Å². The normalized spacial score (nSPS) is 11.0. The molecule has 4 nitrogen and oxygen atoms in total. The molecule has 0 aliphatic rings. The molecule has 0 aliphatic carbocycles. The third kappa shape index (κ3) is 2.72. The summed E-state index contributed by atoms with van der Waals surface area (Å²) in [6.45, 7) is 6.30. The molecule has 0 aliphatic heterocycles. The number of anilines is 1. The van der Waals surface area contributed by atoms with Gasteiger partial charge in [0.05, 0.1) is 18.4 Å². The third-order valence-corrected chi connectivity index (χ3v) is 3.09. The van der Waals surface area contributed by atoms with E-state index in [1.807, 2.05) is 25.1 Å². The summed E-state index contributed by atoms with van der Waals surface area (Å²) < 4.78 is 10.5. The molecule has 1 aromatic carbocycles. The maximum absolute atomic E-state index is 5.91. The van der Waals surface area contributed by atoms with E-state index in [4.69, 9.17) is 15.0 Å². The molecule has 4 heteroatoms. The first-order valence-electron chi connectivity index (χ1n) is 6.42. The van der Waals surface area contributed by atoms with E-state index in [0.717, 1.165) is 34.6 Å². The Bertz CT molecular complexity index is 574. The first-order chi connectivity index (χ1) is 9.02. The molecule has 0 fully saturated rings. The highest BCUT2D eigenvalue weighted by atomic mass is 16.5. The topological polar surface area (TPSA) is 61.3 Å². The summed E-state index contributed by atoms with van der Waals surface area (Å²) in [5.74, 6) is 1.70. The van der Waals surface area contributed by atoms with Gasteiger partial charge in [-0.15, -0.1) is 0 Å². The minimum Gasteiger partial charge on any atom is -0.496 e. The van der Waals surface area contributed by atoms with Gasteiger partial charge in [0.25, 0.3) is 0 Å². The van der Waals surface area contributed by atoms with Crippen molar-refractivity contribution in [3.05, 3.63) is 29.5 Å². The van der Waals surface area contributed by atoms with Gasteiger partial charge in [-0.2, -0.15) is 0 Å². The Labute approximate surface area is 113 Å². The van der Waals surface area contributed by atoms with Gasteiger partial charge in [0, 0.05) is 0 Å². The molecule has 1 aromatic heterocycles. The highest BCUT2D eigenvalue weighted by Crippen LogP contribution is 2.34. The zero-order chi connectivity index (χ0) is 14.0. The van der Waals surface area contributed by atoms with Gasteiger partial charge in [0.2, 0.25) is 5.88 Å². The Morgan fingerprint density at radius 2 is 2.11 bits per heavy atom. The molecule has 0 radical (unpaired) electrons. The number of aryl methyl sites for hydroxylation is 1. The van der Waals surface area contributed by atoms with E-state index in [1.165, 1.54) is 0 Å². The largest absolute Gasteiger partial charge is 0.496 e. The van der Waals surface area contributed by atoms with Crippen LogP contribution in [0.4, 0.5) is 5.88 Å². The summed E-state index contributed by atoms with van der Waals surface area (Å²) in [6, 6.07) is 6.01. The number of rotatable bonds is 4. The highest BCUT2D eigenvalue weighted by Gasteiger charge is 2.17. The van der Waals surface area contributed by atoms with Crippen molar-refractivity contribution in [3.63, 3.8) is 0 Å². The average Bonchev–Trinajstić information content (AvgIpc) is 2.71. The van der Waals surface area contributed by atoms with Crippen LogP contribution in [0.15, 0.2) is 22.7 Å². The number of hydrogen-bond donors (Lipinski definition) is 1. The molecule has 0 saturated carbocycles. The van der Waals surface area contributed by atoms with Gasteiger partial charge < -0.3 is 15.0 Å². The number of benzene rings is 1. The van der Waals surface area contributed by atoms with Crippen LogP contribution in [-0.2, 0) is 6.42 Å². The summed E-state index contributed by atoms with van der Waals surface area (Å²) in [4.78, 5) is 0. The Balaban J connectivity index is 2.49. The third-order valence-electron chi connectivity index (χ3n) is 3.09. The molecule has 2 N–H and O–H groups in total. The Morgan fingerprint density at radius 1 is 1.37 bits per heavy atom. The van der Waals surface area contributed by atoms with Crippen molar-refractivity contribution < 1.29 is 9.26 Å². The fraction of sp³-hybridized carbons (Fsp3) is 0.400. The van der Waals surface area contributed by atoms with Crippen molar-refractivity contribution in [1.82, 2.24) is 5.16 Å². The van der Waals surface area contributed by atoms with Crippen molar-refractivity contribution in [2.75, 3.05) is 12.8 Å². The zero-order valence-corrected chi connectivity index (χ0v) is 11.9. The maximum atomic E-state index is 5.91. The van der Waals surface area contributed by atoms with E-state index < -0.39 is 0 Å². The van der Waals surface area contributed by atoms with E-state index in [9.17, 15) is 0 Å². The van der Waals surface area contributed by atoms with Crippen LogP contribution >= 0.6 is 0 Å². The van der Waals surface area contributed by atoms with Crippen molar-refractivity contribution in [3.8, 4) is 16.9 Å². The number of nitrogens with zero attached hydrogens (tertiary/aromatic N) is 1. The van der Waals surface area contributed by atoms with Crippen LogP contribution in [0.25, 0.3) is 11.1 Å². The smallest absolute Gasteiger partial charge is 0.230 e. The standard InChI is InChI=1S/C15H20N2O2/c1-9(2)7-12-14(15(16)19-17-12)11-6-5-10(3)13(8-11)18-4/h5-6,8-9H,7,16H2,1-4H3. The summed E-state index contributed by atoms with van der Waals surface area (Å²) >= 11 is 0. The number of ether oxygens (including phenoxy) is 1. The maximum Gasteiger partial charge on any atom is 0.230 e. The second-order valence-electron chi connectivity index (χ2n) is 5.15. The van der Waals surface area contributed by atoms with E-state index >= 15 is 0 Å². The number of aromatic nitrogens is 1. The van der Waals surface area contributed by atoms with Crippen molar-refractivity contribution in [2.24, 2.45) is 5.92 Å². The minimum absolute atomic E-state index is 0.363. The predicted octanol–water partition coefficient (Wildman–Crippen LogP) is 3.44. The van der Waals surface area contributed by atoms with Crippen LogP contribution < -0.4 is 10.5 Å². The van der Waals surface area contributed by atoms with Crippen LogP contribution in [0.2, 0.25) is 0 Å². The molecule has 19 heavy (non-hydrogen) atoms. The first-order valence-corrected chi connectivity index (χ1v) is 6.42. The van der Waals surface area contributed by atoms with Gasteiger partial charge in [-0.05, 0) is 36.5 Å². The minimum atomic E-state index is 0.363. The monoisotopic (exact) mass is 260 g/mol. The molecule has 0 spiro atoms. The van der Waals surface area contributed by atoms with Gasteiger partial charge in [0.1, 0.15) is 5.75 Å². The van der Waals surface area contributed by atoms with Crippen LogP contribution in [0.3, 0.4) is 0 Å².